The molecule has 1 aliphatic heterocycles. The number of methoxy groups -OCH3 is 2. The van der Waals surface area contributed by atoms with Crippen LogP contribution in [0.25, 0.3) is 0 Å². The maximum absolute atomic E-state index is 13.0. The van der Waals surface area contributed by atoms with Gasteiger partial charge in [0, 0.05) is 29.3 Å². The van der Waals surface area contributed by atoms with Gasteiger partial charge in [-0.1, -0.05) is 41.6 Å². The summed E-state index contributed by atoms with van der Waals surface area (Å²) in [6.45, 7) is 0.709. The maximum atomic E-state index is 13.0. The summed E-state index contributed by atoms with van der Waals surface area (Å²) in [5, 5.41) is 7.65. The van der Waals surface area contributed by atoms with Gasteiger partial charge in [0.15, 0.2) is 11.5 Å². The molecular formula is C22H31BrN2O3. The minimum Gasteiger partial charge on any atom is -0.493 e. The number of ether oxygens (including phenoxy) is 2. The van der Waals surface area contributed by atoms with E-state index in [2.05, 4.69) is 15.9 Å². The van der Waals surface area contributed by atoms with Crippen LogP contribution in [-0.4, -0.2) is 42.7 Å². The molecule has 3 rings (SSSR count). The molecule has 1 fully saturated rings. The lowest BCUT2D eigenvalue weighted by Gasteiger charge is -2.38. The Balaban J connectivity index is 1.85. The summed E-state index contributed by atoms with van der Waals surface area (Å²) in [5.74, 6) is 1.91. The molecule has 0 bridgehead atoms. The fourth-order valence-electron chi connectivity index (χ4n) is 4.34. The van der Waals surface area contributed by atoms with Crippen LogP contribution in [0.3, 0.4) is 0 Å². The van der Waals surface area contributed by atoms with E-state index < -0.39 is 0 Å². The van der Waals surface area contributed by atoms with Crippen LogP contribution in [0.5, 0.6) is 11.5 Å². The second-order valence-corrected chi connectivity index (χ2v) is 8.41. The Bertz CT molecular complexity index is 707. The molecule has 0 spiro atoms. The third kappa shape index (κ3) is 4.70. The van der Waals surface area contributed by atoms with Gasteiger partial charge in [-0.3, -0.25) is 4.79 Å². The molecule has 5 nitrogen and oxygen atoms in total. The average Bonchev–Trinajstić information content (AvgIpc) is 2.74. The molecule has 1 heterocycles. The van der Waals surface area contributed by atoms with Crippen LogP contribution >= 0.6 is 15.9 Å². The summed E-state index contributed by atoms with van der Waals surface area (Å²) in [6.07, 6.45) is 8.78. The number of halogens is 1. The van der Waals surface area contributed by atoms with Gasteiger partial charge >= 0.3 is 0 Å². The Morgan fingerprint density at radius 1 is 1.04 bits per heavy atom. The first kappa shape index (κ1) is 21.2. The predicted octanol–water partition coefficient (Wildman–Crippen LogP) is 5.01. The van der Waals surface area contributed by atoms with Crippen molar-refractivity contribution in [2.75, 3.05) is 26.1 Å². The highest BCUT2D eigenvalue weighted by Gasteiger charge is 2.41. The molecule has 1 aliphatic carbocycles. The van der Waals surface area contributed by atoms with Crippen LogP contribution in [0, 0.1) is 11.8 Å². The second-order valence-electron chi connectivity index (χ2n) is 7.62. The Hall–Kier alpha value is -1.56. The van der Waals surface area contributed by atoms with E-state index in [0.717, 1.165) is 55.1 Å². The molecule has 1 amide bonds. The molecule has 2 unspecified atom stereocenters. The highest BCUT2D eigenvalue weighted by Crippen LogP contribution is 2.39. The Labute approximate surface area is 176 Å². The highest BCUT2D eigenvalue weighted by atomic mass is 79.9. The van der Waals surface area contributed by atoms with Gasteiger partial charge < -0.3 is 9.47 Å². The number of unbranched alkanes of at least 4 members (excludes halogenated alkanes) is 3. The zero-order chi connectivity index (χ0) is 19.9. The smallest absolute Gasteiger partial charge is 0.246 e. The first-order valence-corrected chi connectivity index (χ1v) is 11.5. The minimum absolute atomic E-state index is 0.0666. The monoisotopic (exact) mass is 450 g/mol. The van der Waals surface area contributed by atoms with Crippen molar-refractivity contribution in [2.45, 2.75) is 51.4 Å². The van der Waals surface area contributed by atoms with Crippen LogP contribution in [0.2, 0.25) is 0 Å². The number of benzene rings is 1. The van der Waals surface area contributed by atoms with Crippen molar-refractivity contribution in [3.05, 3.63) is 23.8 Å². The summed E-state index contributed by atoms with van der Waals surface area (Å²) >= 11 is 3.48. The highest BCUT2D eigenvalue weighted by molar-refractivity contribution is 9.09. The molecule has 0 N–H and O–H groups in total. The summed E-state index contributed by atoms with van der Waals surface area (Å²) in [7, 11) is 3.29. The molecule has 1 saturated carbocycles. The molecule has 154 valence electrons. The number of rotatable bonds is 9. The molecule has 28 heavy (non-hydrogen) atoms. The topological polar surface area (TPSA) is 51.1 Å². The van der Waals surface area contributed by atoms with E-state index in [0.29, 0.717) is 18.0 Å². The third-order valence-electron chi connectivity index (χ3n) is 5.85. The summed E-state index contributed by atoms with van der Waals surface area (Å²) < 4.78 is 10.9. The van der Waals surface area contributed by atoms with Gasteiger partial charge in [0.05, 0.1) is 19.9 Å². The van der Waals surface area contributed by atoms with Crippen molar-refractivity contribution >= 4 is 27.5 Å². The number of carbonyl (C=O) groups excluding carboxylic acids is 1. The van der Waals surface area contributed by atoms with Gasteiger partial charge in [0.25, 0.3) is 0 Å². The van der Waals surface area contributed by atoms with Crippen molar-refractivity contribution in [1.29, 1.82) is 0 Å². The number of amides is 1. The number of carbonyl (C=O) groups is 1. The second kappa shape index (κ2) is 10.3. The SMILES string of the molecule is COc1ccc(C2=NN(CCCCCCBr)C(=O)C3CCCCC23)cc1OC. The molecule has 6 heteroatoms. The van der Waals surface area contributed by atoms with Crippen molar-refractivity contribution in [3.8, 4) is 11.5 Å². The number of hydrogen-bond acceptors (Lipinski definition) is 4. The van der Waals surface area contributed by atoms with Gasteiger partial charge in [0.2, 0.25) is 5.91 Å². The van der Waals surface area contributed by atoms with Crippen molar-refractivity contribution in [2.24, 2.45) is 16.9 Å². The van der Waals surface area contributed by atoms with Crippen molar-refractivity contribution in [3.63, 3.8) is 0 Å². The number of hydrogen-bond donors (Lipinski definition) is 0. The van der Waals surface area contributed by atoms with Crippen LogP contribution in [0.15, 0.2) is 23.3 Å². The maximum Gasteiger partial charge on any atom is 0.246 e. The normalized spacial score (nSPS) is 21.9. The van der Waals surface area contributed by atoms with Gasteiger partial charge in [-0.15, -0.1) is 0 Å². The standard InChI is InChI=1S/C22H31BrN2O3/c1-27-19-12-11-16(15-20(19)28-2)21-17-9-5-6-10-18(17)22(26)25(24-21)14-8-4-3-7-13-23/h11-12,15,17-18H,3-10,13-14H2,1-2H3. The van der Waals surface area contributed by atoms with Crippen LogP contribution in [-0.2, 0) is 4.79 Å². The molecule has 2 aliphatic rings. The van der Waals surface area contributed by atoms with Gasteiger partial charge in [-0.25, -0.2) is 5.01 Å². The van der Waals surface area contributed by atoms with E-state index in [9.17, 15) is 4.79 Å². The van der Waals surface area contributed by atoms with E-state index in [-0.39, 0.29) is 17.7 Å². The summed E-state index contributed by atoms with van der Waals surface area (Å²) in [4.78, 5) is 13.0. The van der Waals surface area contributed by atoms with Gasteiger partial charge in [0.1, 0.15) is 0 Å². The lowest BCUT2D eigenvalue weighted by atomic mass is 9.73. The predicted molar refractivity (Wildman–Crippen MR) is 116 cm³/mol. The molecule has 0 radical (unpaired) electrons. The molecule has 1 aromatic rings. The summed E-state index contributed by atoms with van der Waals surface area (Å²) in [6, 6.07) is 5.96. The zero-order valence-corrected chi connectivity index (χ0v) is 18.5. The lowest BCUT2D eigenvalue weighted by molar-refractivity contribution is -0.139. The van der Waals surface area contributed by atoms with E-state index in [1.807, 2.05) is 18.2 Å². The molecule has 0 saturated heterocycles. The minimum atomic E-state index is 0.0666. The van der Waals surface area contributed by atoms with E-state index in [4.69, 9.17) is 14.6 Å². The molecule has 2 atom stereocenters. The lowest BCUT2D eigenvalue weighted by Crippen LogP contribution is -2.46. The first-order valence-electron chi connectivity index (χ1n) is 10.4. The van der Waals surface area contributed by atoms with Crippen molar-refractivity contribution in [1.82, 2.24) is 5.01 Å². The third-order valence-corrected chi connectivity index (χ3v) is 6.41. The average molecular weight is 451 g/mol. The number of hydrazone groups is 1. The Morgan fingerprint density at radius 2 is 1.75 bits per heavy atom. The summed E-state index contributed by atoms with van der Waals surface area (Å²) in [5.41, 5.74) is 2.07. The van der Waals surface area contributed by atoms with E-state index >= 15 is 0 Å². The molecular weight excluding hydrogens is 420 g/mol. The fraction of sp³-hybridized carbons (Fsp3) is 0.636. The molecule has 1 aromatic carbocycles. The van der Waals surface area contributed by atoms with E-state index in [1.165, 1.54) is 12.8 Å². The quantitative estimate of drug-likeness (QED) is 0.392. The number of alkyl halides is 1. The number of fused-ring (bicyclic) bond motifs is 1. The van der Waals surface area contributed by atoms with Crippen LogP contribution in [0.4, 0.5) is 0 Å². The van der Waals surface area contributed by atoms with Gasteiger partial charge in [-0.05, 0) is 43.9 Å². The fourth-order valence-corrected chi connectivity index (χ4v) is 4.73. The van der Waals surface area contributed by atoms with Crippen molar-refractivity contribution < 1.29 is 14.3 Å². The van der Waals surface area contributed by atoms with Crippen LogP contribution < -0.4 is 9.47 Å². The Morgan fingerprint density at radius 3 is 2.46 bits per heavy atom. The molecule has 0 aromatic heterocycles. The number of nitrogens with zero attached hydrogens (tertiary/aromatic N) is 2. The first-order chi connectivity index (χ1) is 13.7. The Kier molecular flexibility index (Phi) is 7.77. The van der Waals surface area contributed by atoms with Crippen LogP contribution in [0.1, 0.15) is 56.9 Å². The van der Waals surface area contributed by atoms with Gasteiger partial charge in [-0.2, -0.15) is 5.10 Å². The zero-order valence-electron chi connectivity index (χ0n) is 17.0. The van der Waals surface area contributed by atoms with E-state index in [1.54, 1.807) is 19.2 Å². The largest absolute Gasteiger partial charge is 0.493 e.